The summed E-state index contributed by atoms with van der Waals surface area (Å²) in [7, 11) is 1.75. The number of aromatic nitrogens is 4. The number of nitrogens with one attached hydrogen (secondary N) is 2. The number of carbonyl (C=O) groups excluding carboxylic acids is 2. The van der Waals surface area contributed by atoms with Gasteiger partial charge in [0.25, 0.3) is 0 Å². The van der Waals surface area contributed by atoms with E-state index in [2.05, 4.69) is 32.3 Å². The first-order valence-corrected chi connectivity index (χ1v) is 11.8. The summed E-state index contributed by atoms with van der Waals surface area (Å²) in [6.45, 7) is 4.23. The number of rotatable bonds is 7. The van der Waals surface area contributed by atoms with Crippen LogP contribution in [-0.4, -0.2) is 36.6 Å². The van der Waals surface area contributed by atoms with Crippen molar-refractivity contribution in [2.75, 3.05) is 15.5 Å². The Hall–Kier alpha value is -4.70. The highest BCUT2D eigenvalue weighted by molar-refractivity contribution is 6.32. The Morgan fingerprint density at radius 2 is 2.00 bits per heavy atom. The lowest BCUT2D eigenvalue weighted by Crippen LogP contribution is -2.45. The second-order valence-electron chi connectivity index (χ2n) is 8.38. The molecule has 11 heteroatoms. The van der Waals surface area contributed by atoms with Gasteiger partial charge in [0.2, 0.25) is 11.9 Å². The molecule has 3 heterocycles. The molecule has 0 radical (unpaired) electrons. The van der Waals surface area contributed by atoms with Crippen molar-refractivity contribution in [3.8, 4) is 0 Å². The summed E-state index contributed by atoms with van der Waals surface area (Å²) in [5, 5.41) is 10.2. The molecule has 1 aliphatic heterocycles. The molecule has 0 unspecified atom stereocenters. The first kappa shape index (κ1) is 24.0. The fourth-order valence-corrected chi connectivity index (χ4v) is 4.23. The highest BCUT2D eigenvalue weighted by Crippen LogP contribution is 2.36. The Balaban J connectivity index is 1.55. The molecule has 2 aromatic heterocycles. The molecular weight excluding hydrogens is 492 g/mol. The van der Waals surface area contributed by atoms with Gasteiger partial charge in [-0.05, 0) is 29.8 Å². The van der Waals surface area contributed by atoms with E-state index in [9.17, 15) is 9.59 Å². The largest absolute Gasteiger partial charge is 0.330 e. The summed E-state index contributed by atoms with van der Waals surface area (Å²) in [6, 6.07) is 16.5. The summed E-state index contributed by atoms with van der Waals surface area (Å²) in [6.07, 6.45) is 4.58. The molecule has 0 aliphatic carbocycles. The fraction of sp³-hybridized carbons (Fsp3) is 0.115. The van der Waals surface area contributed by atoms with Crippen molar-refractivity contribution in [2.24, 2.45) is 7.05 Å². The number of halogens is 1. The number of urea groups is 1. The maximum atomic E-state index is 13.8. The van der Waals surface area contributed by atoms with Crippen molar-refractivity contribution >= 4 is 52.4 Å². The molecule has 0 atom stereocenters. The normalized spacial score (nSPS) is 12.8. The predicted octanol–water partition coefficient (Wildman–Crippen LogP) is 5.01. The van der Waals surface area contributed by atoms with Crippen LogP contribution in [0.5, 0.6) is 0 Å². The molecule has 4 aromatic rings. The van der Waals surface area contributed by atoms with Crippen LogP contribution in [0.2, 0.25) is 5.15 Å². The van der Waals surface area contributed by atoms with Crippen LogP contribution in [-0.2, 0) is 24.9 Å². The highest BCUT2D eigenvalue weighted by Gasteiger charge is 2.33. The average molecular weight is 515 g/mol. The molecule has 1 aliphatic rings. The minimum absolute atomic E-state index is 0.257. The van der Waals surface area contributed by atoms with Crippen LogP contribution in [0, 0.1) is 0 Å². The topological polar surface area (TPSA) is 108 Å². The van der Waals surface area contributed by atoms with E-state index in [1.807, 2.05) is 30.3 Å². The van der Waals surface area contributed by atoms with Crippen LogP contribution in [0.4, 0.5) is 33.6 Å². The lowest BCUT2D eigenvalue weighted by Gasteiger charge is -2.36. The Morgan fingerprint density at radius 1 is 1.19 bits per heavy atom. The summed E-state index contributed by atoms with van der Waals surface area (Å²) in [5.74, 6) is 0.341. The van der Waals surface area contributed by atoms with E-state index in [-0.39, 0.29) is 23.0 Å². The first-order valence-electron chi connectivity index (χ1n) is 11.4. The van der Waals surface area contributed by atoms with Gasteiger partial charge < -0.3 is 15.5 Å². The van der Waals surface area contributed by atoms with Crippen molar-refractivity contribution in [3.05, 3.63) is 95.9 Å². The molecule has 37 heavy (non-hydrogen) atoms. The Labute approximate surface area is 218 Å². The molecule has 0 saturated heterocycles. The van der Waals surface area contributed by atoms with Crippen LogP contribution in [0.15, 0.2) is 79.6 Å². The molecule has 10 nitrogen and oxygen atoms in total. The average Bonchev–Trinajstić information content (AvgIpc) is 3.21. The zero-order chi connectivity index (χ0) is 25.9. The van der Waals surface area contributed by atoms with E-state index in [0.29, 0.717) is 36.0 Å². The summed E-state index contributed by atoms with van der Waals surface area (Å²) < 4.78 is 1.57. The van der Waals surface area contributed by atoms with E-state index >= 15 is 0 Å². The second-order valence-corrected chi connectivity index (χ2v) is 8.74. The van der Waals surface area contributed by atoms with Gasteiger partial charge in [-0.1, -0.05) is 54.6 Å². The molecule has 0 saturated carbocycles. The molecule has 0 fully saturated rings. The van der Waals surface area contributed by atoms with Crippen molar-refractivity contribution in [3.63, 3.8) is 0 Å². The van der Waals surface area contributed by atoms with Gasteiger partial charge in [-0.3, -0.25) is 9.48 Å². The number of amides is 3. The Morgan fingerprint density at radius 3 is 2.73 bits per heavy atom. The van der Waals surface area contributed by atoms with Gasteiger partial charge in [0.15, 0.2) is 11.0 Å². The van der Waals surface area contributed by atoms with Crippen molar-refractivity contribution in [1.29, 1.82) is 0 Å². The number of hydrogen-bond donors (Lipinski definition) is 2. The van der Waals surface area contributed by atoms with Gasteiger partial charge in [0.05, 0.1) is 17.9 Å². The molecule has 0 spiro atoms. The smallest absolute Gasteiger partial charge is 0.322 e. The third-order valence-electron chi connectivity index (χ3n) is 5.68. The molecule has 2 aromatic carbocycles. The van der Waals surface area contributed by atoms with Gasteiger partial charge in [0, 0.05) is 37.2 Å². The third kappa shape index (κ3) is 5.14. The summed E-state index contributed by atoms with van der Waals surface area (Å²) in [4.78, 5) is 38.1. The van der Waals surface area contributed by atoms with Gasteiger partial charge in [-0.2, -0.15) is 10.1 Å². The molecule has 2 N–H and O–H groups in total. The van der Waals surface area contributed by atoms with Crippen LogP contribution >= 0.6 is 11.6 Å². The number of anilines is 5. The van der Waals surface area contributed by atoms with Crippen LogP contribution in [0.1, 0.15) is 11.1 Å². The lowest BCUT2D eigenvalue weighted by molar-refractivity contribution is -0.111. The van der Waals surface area contributed by atoms with E-state index in [1.54, 1.807) is 53.3 Å². The monoisotopic (exact) mass is 514 g/mol. The van der Waals surface area contributed by atoms with Gasteiger partial charge in [-0.15, -0.1) is 0 Å². The number of hydrogen-bond acceptors (Lipinski definition) is 6. The first-order chi connectivity index (χ1) is 17.9. The summed E-state index contributed by atoms with van der Waals surface area (Å²) in [5.41, 5.74) is 3.36. The highest BCUT2D eigenvalue weighted by atomic mass is 35.5. The molecule has 3 amide bonds. The van der Waals surface area contributed by atoms with E-state index in [0.717, 1.165) is 11.1 Å². The van der Waals surface area contributed by atoms with Crippen molar-refractivity contribution in [1.82, 2.24) is 24.6 Å². The lowest BCUT2D eigenvalue weighted by atomic mass is 10.1. The molecule has 186 valence electrons. The quantitative estimate of drug-likeness (QED) is 0.336. The zero-order valence-corrected chi connectivity index (χ0v) is 20.7. The fourth-order valence-electron chi connectivity index (χ4n) is 4.01. The number of carbonyl (C=O) groups is 2. The molecule has 5 rings (SSSR count). The van der Waals surface area contributed by atoms with Crippen LogP contribution in [0.3, 0.4) is 0 Å². The van der Waals surface area contributed by atoms with Gasteiger partial charge >= 0.3 is 6.03 Å². The van der Waals surface area contributed by atoms with Crippen molar-refractivity contribution in [2.45, 2.75) is 13.1 Å². The van der Waals surface area contributed by atoms with Gasteiger partial charge in [-0.25, -0.2) is 14.7 Å². The standard InChI is InChI=1S/C26H23ClN8O2/c1-3-22(36)29-19-10-7-11-20(12-19)35-24-18(15-34(26(35)37)14-17-8-5-4-6-9-17)13-28-25(31-24)30-21-16-33(2)32-23(21)27/h3-13,16H,1,14-15H2,2H3,(H,29,36)(H,28,30,31). The predicted molar refractivity (Wildman–Crippen MR) is 142 cm³/mol. The van der Waals surface area contributed by atoms with Crippen LogP contribution in [0.25, 0.3) is 0 Å². The van der Waals surface area contributed by atoms with E-state index in [4.69, 9.17) is 11.6 Å². The Bertz CT molecular complexity index is 1490. The maximum absolute atomic E-state index is 13.8. The number of fused-ring (bicyclic) bond motifs is 1. The SMILES string of the molecule is C=CC(=O)Nc1cccc(N2C(=O)N(Cc3ccccc3)Cc3cnc(Nc4cn(C)nc4Cl)nc32)c1. The maximum Gasteiger partial charge on any atom is 0.330 e. The van der Waals surface area contributed by atoms with Crippen molar-refractivity contribution < 1.29 is 9.59 Å². The third-order valence-corrected chi connectivity index (χ3v) is 5.96. The van der Waals surface area contributed by atoms with E-state index < -0.39 is 0 Å². The number of aryl methyl sites for hydroxylation is 1. The van der Waals surface area contributed by atoms with E-state index in [1.165, 1.54) is 11.0 Å². The minimum atomic E-state index is -0.351. The second kappa shape index (κ2) is 10.1. The number of benzene rings is 2. The number of nitrogens with zero attached hydrogens (tertiary/aromatic N) is 6. The molecular formula is C26H23ClN8O2. The van der Waals surface area contributed by atoms with Gasteiger partial charge in [0.1, 0.15) is 0 Å². The summed E-state index contributed by atoms with van der Waals surface area (Å²) >= 11 is 6.19. The zero-order valence-electron chi connectivity index (χ0n) is 19.9. The Kier molecular flexibility index (Phi) is 6.57. The van der Waals surface area contributed by atoms with Crippen LogP contribution < -0.4 is 15.5 Å². The molecule has 0 bridgehead atoms. The minimum Gasteiger partial charge on any atom is -0.322 e.